The maximum Gasteiger partial charge on any atom is 0.574 e. The van der Waals surface area contributed by atoms with E-state index in [0.717, 1.165) is 13.2 Å². The summed E-state index contributed by atoms with van der Waals surface area (Å²) in [7, 11) is 1.10. The summed E-state index contributed by atoms with van der Waals surface area (Å²) in [5.41, 5.74) is -0.341. The lowest BCUT2D eigenvalue weighted by Gasteiger charge is -2.11. The molecule has 0 atom stereocenters. The molecular weight excluding hydrogens is 358 g/mol. The summed E-state index contributed by atoms with van der Waals surface area (Å²) in [6.07, 6.45) is -4.90. The zero-order valence-corrected chi connectivity index (χ0v) is 10.4. The minimum atomic E-state index is -4.90. The molecule has 1 aromatic heterocycles. The van der Waals surface area contributed by atoms with E-state index < -0.39 is 24.1 Å². The Hall–Kier alpha value is -1.26. The molecule has 5 nitrogen and oxygen atoms in total. The number of hydrogen-bond donors (Lipinski definition) is 1. The van der Waals surface area contributed by atoms with Crippen molar-refractivity contribution in [2.75, 3.05) is 7.11 Å². The Labute approximate surface area is 107 Å². The average molecular weight is 363 g/mol. The number of halogens is 4. The van der Waals surface area contributed by atoms with Gasteiger partial charge in [-0.2, -0.15) is 4.98 Å². The smallest absolute Gasteiger partial charge is 0.480 e. The summed E-state index contributed by atoms with van der Waals surface area (Å²) in [6.45, 7) is 0. The predicted octanol–water partition coefficient (Wildman–Crippen LogP) is 2.29. The standard InChI is InChI=1S/C8H5F3INO4/c1-16-5-3(7(14)15)2-4(12)6(13-5)17-8(9,10)11/h2H,1H3,(H,14,15). The fourth-order valence-electron chi connectivity index (χ4n) is 0.946. The zero-order valence-electron chi connectivity index (χ0n) is 8.21. The third kappa shape index (κ3) is 3.61. The lowest BCUT2D eigenvalue weighted by molar-refractivity contribution is -0.276. The molecule has 0 aliphatic carbocycles. The predicted molar refractivity (Wildman–Crippen MR) is 57.1 cm³/mol. The Balaban J connectivity index is 3.23. The van der Waals surface area contributed by atoms with Crippen LogP contribution in [-0.2, 0) is 0 Å². The van der Waals surface area contributed by atoms with E-state index in [-0.39, 0.29) is 9.13 Å². The molecule has 0 amide bonds. The highest BCUT2D eigenvalue weighted by molar-refractivity contribution is 14.1. The van der Waals surface area contributed by atoms with Crippen molar-refractivity contribution >= 4 is 28.6 Å². The summed E-state index contributed by atoms with van der Waals surface area (Å²) in [6, 6.07) is 0.982. The van der Waals surface area contributed by atoms with Gasteiger partial charge >= 0.3 is 12.3 Å². The molecule has 0 saturated heterocycles. The molecule has 94 valence electrons. The van der Waals surface area contributed by atoms with Crippen LogP contribution in [0.1, 0.15) is 10.4 Å². The van der Waals surface area contributed by atoms with E-state index in [4.69, 9.17) is 5.11 Å². The second-order valence-electron chi connectivity index (χ2n) is 2.69. The van der Waals surface area contributed by atoms with Crippen molar-refractivity contribution in [1.29, 1.82) is 0 Å². The highest BCUT2D eigenvalue weighted by atomic mass is 127. The second kappa shape index (κ2) is 4.94. The monoisotopic (exact) mass is 363 g/mol. The Morgan fingerprint density at radius 3 is 2.47 bits per heavy atom. The molecule has 1 rings (SSSR count). The molecule has 0 aromatic carbocycles. The van der Waals surface area contributed by atoms with Crippen LogP contribution in [0.3, 0.4) is 0 Å². The van der Waals surface area contributed by atoms with Gasteiger partial charge in [0.05, 0.1) is 10.7 Å². The Morgan fingerprint density at radius 1 is 1.47 bits per heavy atom. The molecule has 0 aliphatic rings. The molecule has 1 heterocycles. The van der Waals surface area contributed by atoms with Crippen LogP contribution >= 0.6 is 22.6 Å². The van der Waals surface area contributed by atoms with Crippen molar-refractivity contribution in [3.8, 4) is 11.8 Å². The molecule has 1 aromatic rings. The lowest BCUT2D eigenvalue weighted by atomic mass is 10.3. The van der Waals surface area contributed by atoms with Gasteiger partial charge in [0.1, 0.15) is 5.56 Å². The largest absolute Gasteiger partial charge is 0.574 e. The number of hydrogen-bond acceptors (Lipinski definition) is 4. The molecular formula is C8H5F3INO4. The number of aromatic nitrogens is 1. The first-order chi connectivity index (χ1) is 7.74. The van der Waals surface area contributed by atoms with Crippen LogP contribution in [0.15, 0.2) is 6.07 Å². The molecule has 0 saturated carbocycles. The van der Waals surface area contributed by atoms with Crippen LogP contribution in [0.4, 0.5) is 13.2 Å². The number of carbonyl (C=O) groups is 1. The van der Waals surface area contributed by atoms with Crippen LogP contribution in [0.5, 0.6) is 11.8 Å². The first-order valence-corrected chi connectivity index (χ1v) is 5.06. The number of carboxylic acid groups (broad SMARTS) is 1. The number of alkyl halides is 3. The van der Waals surface area contributed by atoms with Gasteiger partial charge in [0.15, 0.2) is 0 Å². The van der Waals surface area contributed by atoms with E-state index in [2.05, 4.69) is 14.5 Å². The first kappa shape index (κ1) is 13.8. The third-order valence-electron chi connectivity index (χ3n) is 1.55. The van der Waals surface area contributed by atoms with E-state index in [1.54, 1.807) is 0 Å². The van der Waals surface area contributed by atoms with Crippen molar-refractivity contribution in [3.05, 3.63) is 15.2 Å². The van der Waals surface area contributed by atoms with Gasteiger partial charge in [-0.15, -0.1) is 13.2 Å². The quantitative estimate of drug-likeness (QED) is 0.835. The van der Waals surface area contributed by atoms with Gasteiger partial charge in [0.25, 0.3) is 0 Å². The van der Waals surface area contributed by atoms with E-state index >= 15 is 0 Å². The zero-order chi connectivity index (χ0) is 13.2. The van der Waals surface area contributed by atoms with Crippen LogP contribution < -0.4 is 9.47 Å². The summed E-state index contributed by atoms with van der Waals surface area (Å²) in [4.78, 5) is 14.1. The molecule has 0 radical (unpaired) electrons. The summed E-state index contributed by atoms with van der Waals surface area (Å²) in [5, 5.41) is 8.76. The lowest BCUT2D eigenvalue weighted by Crippen LogP contribution is -2.19. The molecule has 17 heavy (non-hydrogen) atoms. The SMILES string of the molecule is COc1nc(OC(F)(F)F)c(I)cc1C(=O)O. The maximum atomic E-state index is 12.0. The highest BCUT2D eigenvalue weighted by Crippen LogP contribution is 2.30. The average Bonchev–Trinajstić information content (AvgIpc) is 2.18. The van der Waals surface area contributed by atoms with Gasteiger partial charge in [0.2, 0.25) is 11.8 Å². The van der Waals surface area contributed by atoms with E-state index in [1.165, 1.54) is 22.6 Å². The molecule has 0 aliphatic heterocycles. The number of pyridine rings is 1. The number of carboxylic acids is 1. The number of aromatic carboxylic acids is 1. The van der Waals surface area contributed by atoms with Gasteiger partial charge in [-0.25, -0.2) is 4.79 Å². The topological polar surface area (TPSA) is 68.7 Å². The number of ether oxygens (including phenoxy) is 2. The van der Waals surface area contributed by atoms with E-state index in [9.17, 15) is 18.0 Å². The van der Waals surface area contributed by atoms with Gasteiger partial charge in [0, 0.05) is 0 Å². The van der Waals surface area contributed by atoms with E-state index in [0.29, 0.717) is 0 Å². The number of rotatable bonds is 3. The van der Waals surface area contributed by atoms with Gasteiger partial charge in [-0.1, -0.05) is 0 Å². The Morgan fingerprint density at radius 2 is 2.06 bits per heavy atom. The van der Waals surface area contributed by atoms with Crippen LogP contribution in [0.2, 0.25) is 0 Å². The van der Waals surface area contributed by atoms with Crippen molar-refractivity contribution in [3.63, 3.8) is 0 Å². The Bertz CT molecular complexity index is 449. The summed E-state index contributed by atoms with van der Waals surface area (Å²) >= 11 is 1.49. The third-order valence-corrected chi connectivity index (χ3v) is 2.32. The van der Waals surface area contributed by atoms with Crippen molar-refractivity contribution in [2.24, 2.45) is 0 Å². The fourth-order valence-corrected chi connectivity index (χ4v) is 1.49. The number of nitrogens with zero attached hydrogens (tertiary/aromatic N) is 1. The van der Waals surface area contributed by atoms with E-state index in [1.807, 2.05) is 0 Å². The van der Waals surface area contributed by atoms with Crippen molar-refractivity contribution in [1.82, 2.24) is 4.98 Å². The molecule has 0 fully saturated rings. The first-order valence-electron chi connectivity index (χ1n) is 3.98. The minimum absolute atomic E-state index is 0.0851. The summed E-state index contributed by atoms with van der Waals surface area (Å²) in [5.74, 6) is -2.55. The van der Waals surface area contributed by atoms with Crippen LogP contribution in [0.25, 0.3) is 0 Å². The fraction of sp³-hybridized carbons (Fsp3) is 0.250. The molecule has 1 N–H and O–H groups in total. The second-order valence-corrected chi connectivity index (χ2v) is 3.85. The summed E-state index contributed by atoms with van der Waals surface area (Å²) < 4.78 is 44.1. The molecule has 0 bridgehead atoms. The normalized spacial score (nSPS) is 11.1. The number of methoxy groups -OCH3 is 1. The van der Waals surface area contributed by atoms with Crippen molar-refractivity contribution < 1.29 is 32.5 Å². The minimum Gasteiger partial charge on any atom is -0.480 e. The van der Waals surface area contributed by atoms with Gasteiger partial charge < -0.3 is 14.6 Å². The molecule has 0 spiro atoms. The van der Waals surface area contributed by atoms with Crippen molar-refractivity contribution in [2.45, 2.75) is 6.36 Å². The Kier molecular flexibility index (Phi) is 4.01. The van der Waals surface area contributed by atoms with Gasteiger partial charge in [-0.05, 0) is 28.7 Å². The maximum absolute atomic E-state index is 12.0. The highest BCUT2D eigenvalue weighted by Gasteiger charge is 2.33. The molecule has 9 heteroatoms. The molecule has 0 unspecified atom stereocenters. The van der Waals surface area contributed by atoms with Crippen LogP contribution in [-0.4, -0.2) is 29.5 Å². The van der Waals surface area contributed by atoms with Crippen LogP contribution in [0, 0.1) is 3.57 Å². The van der Waals surface area contributed by atoms with Gasteiger partial charge in [-0.3, -0.25) is 0 Å².